The number of carboxylic acid groups (broad SMARTS) is 1. The van der Waals surface area contributed by atoms with E-state index in [1.807, 2.05) is 0 Å². The summed E-state index contributed by atoms with van der Waals surface area (Å²) in [5.74, 6) is 0. The monoisotopic (exact) mass is 183 g/mol. The third-order valence-corrected chi connectivity index (χ3v) is 1.52. The summed E-state index contributed by atoms with van der Waals surface area (Å²) in [5.41, 5.74) is 0. The summed E-state index contributed by atoms with van der Waals surface area (Å²) >= 11 is 0. The van der Waals surface area contributed by atoms with Gasteiger partial charge in [-0.1, -0.05) is 6.42 Å². The van der Waals surface area contributed by atoms with E-state index >= 15 is 0 Å². The Labute approximate surface area is 108 Å². The van der Waals surface area contributed by atoms with Gasteiger partial charge in [-0.15, -0.1) is 0 Å². The number of hydroxylamine groups is 2. The molecule has 1 aliphatic rings. The molecule has 0 aromatic heterocycles. The molecule has 0 bridgehead atoms. The third-order valence-electron chi connectivity index (χ3n) is 1.52. The molecule has 0 radical (unpaired) electrons. The van der Waals surface area contributed by atoms with E-state index < -0.39 is 6.16 Å². The first-order valence-corrected chi connectivity index (χ1v) is 3.43. The summed E-state index contributed by atoms with van der Waals surface area (Å²) in [6, 6.07) is 0. The molecular formula is C6H10KNO3. The molecule has 0 saturated carbocycles. The van der Waals surface area contributed by atoms with Crippen molar-refractivity contribution in [2.24, 2.45) is 0 Å². The number of piperidine rings is 1. The fourth-order valence-corrected chi connectivity index (χ4v) is 1.06. The van der Waals surface area contributed by atoms with Crippen molar-refractivity contribution in [3.05, 3.63) is 0 Å². The van der Waals surface area contributed by atoms with E-state index in [1.165, 1.54) is 5.06 Å². The second-order valence-corrected chi connectivity index (χ2v) is 2.33. The van der Waals surface area contributed by atoms with E-state index in [-0.39, 0.29) is 51.4 Å². The summed E-state index contributed by atoms with van der Waals surface area (Å²) in [4.78, 5) is 14.2. The second kappa shape index (κ2) is 6.39. The van der Waals surface area contributed by atoms with E-state index in [0.717, 1.165) is 19.3 Å². The van der Waals surface area contributed by atoms with Crippen LogP contribution < -0.4 is 56.5 Å². The van der Waals surface area contributed by atoms with E-state index in [0.29, 0.717) is 13.1 Å². The molecule has 0 atom stereocenters. The van der Waals surface area contributed by atoms with Crippen LogP contribution in [0, 0.1) is 0 Å². The van der Waals surface area contributed by atoms with Crippen LogP contribution in [-0.4, -0.2) is 24.3 Å². The SMILES string of the molecule is O=C([O-])ON1CCCCC1.[K+]. The van der Waals surface area contributed by atoms with Gasteiger partial charge < -0.3 is 14.7 Å². The Hall–Kier alpha value is 0.866. The number of hydrogen-bond donors (Lipinski definition) is 0. The first-order valence-electron chi connectivity index (χ1n) is 3.43. The maximum atomic E-state index is 9.89. The summed E-state index contributed by atoms with van der Waals surface area (Å²) in [7, 11) is 0. The van der Waals surface area contributed by atoms with E-state index in [2.05, 4.69) is 4.84 Å². The van der Waals surface area contributed by atoms with Crippen molar-refractivity contribution in [1.82, 2.24) is 5.06 Å². The van der Waals surface area contributed by atoms with Crippen molar-refractivity contribution in [2.45, 2.75) is 19.3 Å². The van der Waals surface area contributed by atoms with Crippen molar-refractivity contribution in [1.29, 1.82) is 0 Å². The zero-order chi connectivity index (χ0) is 7.40. The summed E-state index contributed by atoms with van der Waals surface area (Å²) < 4.78 is 0. The Kier molecular flexibility index (Phi) is 6.89. The fourth-order valence-electron chi connectivity index (χ4n) is 1.06. The Morgan fingerprint density at radius 2 is 1.82 bits per heavy atom. The maximum absolute atomic E-state index is 9.89. The minimum absolute atomic E-state index is 0. The number of nitrogens with zero attached hydrogens (tertiary/aromatic N) is 1. The Balaban J connectivity index is 0.000001000. The number of rotatable bonds is 1. The maximum Gasteiger partial charge on any atom is 1.00 e. The predicted octanol–water partition coefficient (Wildman–Crippen LogP) is -3.25. The molecule has 0 aromatic carbocycles. The molecule has 0 aromatic rings. The smallest absolute Gasteiger partial charge is 0.466 e. The van der Waals surface area contributed by atoms with Gasteiger partial charge in [0.2, 0.25) is 0 Å². The van der Waals surface area contributed by atoms with Crippen molar-refractivity contribution >= 4 is 6.16 Å². The summed E-state index contributed by atoms with van der Waals surface area (Å²) in [5, 5.41) is 11.3. The second-order valence-electron chi connectivity index (χ2n) is 2.33. The quantitative estimate of drug-likeness (QED) is 0.401. The predicted molar refractivity (Wildman–Crippen MR) is 31.9 cm³/mol. The number of carbonyl (C=O) groups excluding carboxylic acids is 1. The van der Waals surface area contributed by atoms with Crippen molar-refractivity contribution in [3.8, 4) is 0 Å². The number of hydrogen-bond acceptors (Lipinski definition) is 4. The topological polar surface area (TPSA) is 52.6 Å². The van der Waals surface area contributed by atoms with Crippen LogP contribution in [-0.2, 0) is 4.84 Å². The average molecular weight is 183 g/mol. The van der Waals surface area contributed by atoms with Crippen LogP contribution in [0.5, 0.6) is 0 Å². The molecule has 11 heavy (non-hydrogen) atoms. The van der Waals surface area contributed by atoms with Gasteiger partial charge in [-0.05, 0) is 12.8 Å². The van der Waals surface area contributed by atoms with Gasteiger partial charge >= 0.3 is 51.4 Å². The van der Waals surface area contributed by atoms with Crippen LogP contribution in [0.1, 0.15) is 19.3 Å². The summed E-state index contributed by atoms with van der Waals surface area (Å²) in [6.07, 6.45) is 1.72. The average Bonchev–Trinajstić information content (AvgIpc) is 1.88. The third kappa shape index (κ3) is 5.16. The molecule has 1 fully saturated rings. The minimum Gasteiger partial charge on any atom is -0.466 e. The first kappa shape index (κ1) is 11.9. The zero-order valence-electron chi connectivity index (χ0n) is 6.71. The van der Waals surface area contributed by atoms with Crippen LogP contribution >= 0.6 is 0 Å². The minimum atomic E-state index is -1.46. The molecule has 0 spiro atoms. The summed E-state index contributed by atoms with van der Waals surface area (Å²) in [6.45, 7) is 1.40. The van der Waals surface area contributed by atoms with Crippen LogP contribution in [0.3, 0.4) is 0 Å². The molecule has 0 N–H and O–H groups in total. The van der Waals surface area contributed by atoms with E-state index in [4.69, 9.17) is 0 Å². The standard InChI is InChI=1S/C6H11NO3.K/c8-6(9)10-7-4-2-1-3-5-7;/h1-5H2,(H,8,9);/q;+1/p-1. The fraction of sp³-hybridized carbons (Fsp3) is 0.833. The van der Waals surface area contributed by atoms with Crippen LogP contribution in [0.15, 0.2) is 0 Å². The van der Waals surface area contributed by atoms with Gasteiger partial charge in [-0.25, -0.2) is 5.06 Å². The largest absolute Gasteiger partial charge is 1.00 e. The van der Waals surface area contributed by atoms with Crippen LogP contribution in [0.25, 0.3) is 0 Å². The molecule has 1 rings (SSSR count). The molecule has 1 aliphatic heterocycles. The molecule has 1 heterocycles. The van der Waals surface area contributed by atoms with Gasteiger partial charge in [0.25, 0.3) is 6.16 Å². The molecule has 1 saturated heterocycles. The van der Waals surface area contributed by atoms with Gasteiger partial charge in [-0.2, -0.15) is 0 Å². The Morgan fingerprint density at radius 3 is 2.27 bits per heavy atom. The molecule has 0 amide bonds. The van der Waals surface area contributed by atoms with E-state index in [1.54, 1.807) is 0 Å². The van der Waals surface area contributed by atoms with Crippen LogP contribution in [0.2, 0.25) is 0 Å². The molecular weight excluding hydrogens is 173 g/mol. The van der Waals surface area contributed by atoms with E-state index in [9.17, 15) is 9.90 Å². The molecule has 0 aliphatic carbocycles. The normalized spacial score (nSPS) is 18.5. The van der Waals surface area contributed by atoms with Gasteiger partial charge in [0.05, 0.1) is 0 Å². The molecule has 58 valence electrons. The van der Waals surface area contributed by atoms with Crippen LogP contribution in [0.4, 0.5) is 4.79 Å². The van der Waals surface area contributed by atoms with Crippen molar-refractivity contribution in [3.63, 3.8) is 0 Å². The molecule has 4 nitrogen and oxygen atoms in total. The number of carbonyl (C=O) groups is 1. The Bertz CT molecular complexity index is 125. The first-order chi connectivity index (χ1) is 4.79. The molecule has 5 heteroatoms. The van der Waals surface area contributed by atoms with Gasteiger partial charge in [0.15, 0.2) is 0 Å². The Morgan fingerprint density at radius 1 is 1.27 bits per heavy atom. The van der Waals surface area contributed by atoms with Gasteiger partial charge in [-0.3, -0.25) is 0 Å². The molecule has 0 unspecified atom stereocenters. The van der Waals surface area contributed by atoms with Crippen molar-refractivity contribution in [2.75, 3.05) is 13.1 Å². The van der Waals surface area contributed by atoms with Gasteiger partial charge in [0.1, 0.15) is 0 Å². The zero-order valence-corrected chi connectivity index (χ0v) is 9.83. The van der Waals surface area contributed by atoms with Gasteiger partial charge in [0, 0.05) is 13.1 Å². The van der Waals surface area contributed by atoms with Crippen molar-refractivity contribution < 1.29 is 66.1 Å².